The smallest absolute Gasteiger partial charge is 0.264 e. The van der Waals surface area contributed by atoms with Crippen molar-refractivity contribution in [2.45, 2.75) is 84.8 Å². The third-order valence-electron chi connectivity index (χ3n) is 6.74. The second-order valence-corrected chi connectivity index (χ2v) is 13.7. The van der Waals surface area contributed by atoms with Gasteiger partial charge in [0, 0.05) is 12.1 Å². The number of sulfonamides is 1. The SMILES string of the molecule is CC[C@@H](C(=O)NC(C)(C)C)N(Cc1ccc(C)cc1)C(=O)CN(c1cc(C)cc(C)c1)S(=O)(=O)c1ccc(C)cc1. The van der Waals surface area contributed by atoms with Gasteiger partial charge in [-0.15, -0.1) is 0 Å². The summed E-state index contributed by atoms with van der Waals surface area (Å²) in [5, 5.41) is 3.00. The molecule has 3 aromatic rings. The minimum atomic E-state index is -4.11. The lowest BCUT2D eigenvalue weighted by molar-refractivity contribution is -0.141. The van der Waals surface area contributed by atoms with E-state index < -0.39 is 34.1 Å². The number of hydrogen-bond donors (Lipinski definition) is 1. The van der Waals surface area contributed by atoms with Crippen molar-refractivity contribution >= 4 is 27.5 Å². The van der Waals surface area contributed by atoms with E-state index in [1.54, 1.807) is 36.4 Å². The fraction of sp³-hybridized carbons (Fsp3) is 0.394. The normalized spacial score (nSPS) is 12.5. The zero-order valence-corrected chi connectivity index (χ0v) is 26.3. The van der Waals surface area contributed by atoms with Crippen LogP contribution in [0.15, 0.2) is 71.6 Å². The highest BCUT2D eigenvalue weighted by atomic mass is 32.2. The molecule has 0 aromatic heterocycles. The van der Waals surface area contributed by atoms with Gasteiger partial charge >= 0.3 is 0 Å². The van der Waals surface area contributed by atoms with Gasteiger partial charge in [-0.2, -0.15) is 0 Å². The molecule has 0 aliphatic carbocycles. The van der Waals surface area contributed by atoms with Gasteiger partial charge in [0.15, 0.2) is 0 Å². The first kappa shape index (κ1) is 31.9. The van der Waals surface area contributed by atoms with Gasteiger partial charge in [-0.3, -0.25) is 13.9 Å². The minimum Gasteiger partial charge on any atom is -0.350 e. The lowest BCUT2D eigenvalue weighted by atomic mass is 10.1. The van der Waals surface area contributed by atoms with Gasteiger partial charge in [0.1, 0.15) is 12.6 Å². The molecule has 0 saturated carbocycles. The number of nitrogens with zero attached hydrogens (tertiary/aromatic N) is 2. The van der Waals surface area contributed by atoms with Crippen LogP contribution in [-0.2, 0) is 26.2 Å². The van der Waals surface area contributed by atoms with Crippen molar-refractivity contribution in [2.24, 2.45) is 0 Å². The van der Waals surface area contributed by atoms with Crippen LogP contribution in [0.2, 0.25) is 0 Å². The van der Waals surface area contributed by atoms with Crippen LogP contribution in [0.1, 0.15) is 61.9 Å². The van der Waals surface area contributed by atoms with E-state index in [1.165, 1.54) is 4.90 Å². The first-order chi connectivity index (χ1) is 19.1. The predicted octanol–water partition coefficient (Wildman–Crippen LogP) is 5.84. The molecule has 3 rings (SSSR count). The largest absolute Gasteiger partial charge is 0.350 e. The number of aryl methyl sites for hydroxylation is 4. The second-order valence-electron chi connectivity index (χ2n) is 11.8. The molecule has 220 valence electrons. The van der Waals surface area contributed by atoms with Crippen LogP contribution in [-0.4, -0.2) is 43.3 Å². The van der Waals surface area contributed by atoms with Crippen molar-refractivity contribution in [1.82, 2.24) is 10.2 Å². The molecule has 0 unspecified atom stereocenters. The van der Waals surface area contributed by atoms with E-state index in [4.69, 9.17) is 0 Å². The summed E-state index contributed by atoms with van der Waals surface area (Å²) in [5.74, 6) is -0.740. The van der Waals surface area contributed by atoms with Gasteiger partial charge in [0.2, 0.25) is 11.8 Å². The molecule has 0 radical (unpaired) electrons. The van der Waals surface area contributed by atoms with Crippen molar-refractivity contribution in [2.75, 3.05) is 10.8 Å². The van der Waals surface area contributed by atoms with Gasteiger partial charge in [-0.05, 0) is 95.8 Å². The predicted molar refractivity (Wildman–Crippen MR) is 165 cm³/mol. The Balaban J connectivity index is 2.10. The molecule has 41 heavy (non-hydrogen) atoms. The second kappa shape index (κ2) is 12.9. The lowest BCUT2D eigenvalue weighted by Crippen LogP contribution is -2.55. The molecule has 0 aliphatic heterocycles. The number of carbonyl (C=O) groups excluding carboxylic acids is 2. The Hall–Kier alpha value is -3.65. The minimum absolute atomic E-state index is 0.0951. The first-order valence-electron chi connectivity index (χ1n) is 14.0. The average molecular weight is 578 g/mol. The quantitative estimate of drug-likeness (QED) is 0.328. The zero-order valence-electron chi connectivity index (χ0n) is 25.5. The topological polar surface area (TPSA) is 86.8 Å². The number of anilines is 1. The number of carbonyl (C=O) groups is 2. The standard InChI is InChI=1S/C33H43N3O4S/c1-9-30(32(38)34-33(6,7)8)35(21-27-14-10-23(2)11-15-27)31(37)22-36(28-19-25(4)18-26(5)20-28)41(39,40)29-16-12-24(3)13-17-29/h10-20,30H,9,21-22H2,1-8H3,(H,34,38)/t30-/m0/s1. The number of benzene rings is 3. The average Bonchev–Trinajstić information content (AvgIpc) is 2.86. The van der Waals surface area contributed by atoms with Crippen molar-refractivity contribution < 1.29 is 18.0 Å². The fourth-order valence-electron chi connectivity index (χ4n) is 4.72. The van der Waals surface area contributed by atoms with E-state index in [2.05, 4.69) is 5.32 Å². The number of amides is 2. The first-order valence-corrected chi connectivity index (χ1v) is 15.4. The van der Waals surface area contributed by atoms with Crippen LogP contribution in [0, 0.1) is 27.7 Å². The molecule has 0 heterocycles. The summed E-state index contributed by atoms with van der Waals surface area (Å²) in [6.45, 7) is 14.9. The molecule has 0 aliphatic rings. The lowest BCUT2D eigenvalue weighted by Gasteiger charge is -2.35. The van der Waals surface area contributed by atoms with Crippen molar-refractivity contribution in [1.29, 1.82) is 0 Å². The highest BCUT2D eigenvalue weighted by Crippen LogP contribution is 2.27. The Morgan fingerprint density at radius 1 is 0.805 bits per heavy atom. The zero-order chi connectivity index (χ0) is 30.5. The number of hydrogen-bond acceptors (Lipinski definition) is 4. The summed E-state index contributed by atoms with van der Waals surface area (Å²) >= 11 is 0. The van der Waals surface area contributed by atoms with E-state index in [-0.39, 0.29) is 17.3 Å². The molecular formula is C33H43N3O4S. The highest BCUT2D eigenvalue weighted by molar-refractivity contribution is 7.92. The molecule has 0 spiro atoms. The van der Waals surface area contributed by atoms with Crippen LogP contribution in [0.25, 0.3) is 0 Å². The van der Waals surface area contributed by atoms with Crippen molar-refractivity contribution in [3.05, 3.63) is 94.5 Å². The maximum Gasteiger partial charge on any atom is 0.264 e. The molecule has 0 saturated heterocycles. The van der Waals surface area contributed by atoms with E-state index in [0.717, 1.165) is 32.1 Å². The van der Waals surface area contributed by atoms with E-state index in [9.17, 15) is 18.0 Å². The number of nitrogens with one attached hydrogen (secondary N) is 1. The molecule has 2 amide bonds. The molecule has 1 N–H and O–H groups in total. The molecule has 8 heteroatoms. The van der Waals surface area contributed by atoms with Crippen LogP contribution in [0.3, 0.4) is 0 Å². The summed E-state index contributed by atoms with van der Waals surface area (Å²) in [7, 11) is -4.11. The van der Waals surface area contributed by atoms with Crippen LogP contribution in [0.5, 0.6) is 0 Å². The van der Waals surface area contributed by atoms with E-state index in [1.807, 2.05) is 85.7 Å². The van der Waals surface area contributed by atoms with E-state index in [0.29, 0.717) is 12.1 Å². The number of rotatable bonds is 10. The van der Waals surface area contributed by atoms with Gasteiger partial charge in [-0.25, -0.2) is 8.42 Å². The van der Waals surface area contributed by atoms with Crippen LogP contribution < -0.4 is 9.62 Å². The van der Waals surface area contributed by atoms with Gasteiger partial charge in [-0.1, -0.05) is 60.5 Å². The van der Waals surface area contributed by atoms with Crippen molar-refractivity contribution in [3.8, 4) is 0 Å². The summed E-state index contributed by atoms with van der Waals surface area (Å²) in [6, 6.07) is 19.0. The monoisotopic (exact) mass is 577 g/mol. The molecular weight excluding hydrogens is 534 g/mol. The summed E-state index contributed by atoms with van der Waals surface area (Å²) < 4.78 is 29.3. The van der Waals surface area contributed by atoms with Gasteiger partial charge in [0.05, 0.1) is 10.6 Å². The Labute approximate surface area is 245 Å². The Morgan fingerprint density at radius 3 is 1.80 bits per heavy atom. The maximum absolute atomic E-state index is 14.2. The Bertz CT molecular complexity index is 1450. The third kappa shape index (κ3) is 8.43. The molecule has 0 fully saturated rings. The van der Waals surface area contributed by atoms with E-state index >= 15 is 0 Å². The molecule has 0 bridgehead atoms. The fourth-order valence-corrected chi connectivity index (χ4v) is 6.12. The summed E-state index contributed by atoms with van der Waals surface area (Å²) in [4.78, 5) is 29.3. The molecule has 1 atom stereocenters. The maximum atomic E-state index is 14.2. The van der Waals surface area contributed by atoms with Crippen LogP contribution >= 0.6 is 0 Å². The van der Waals surface area contributed by atoms with Gasteiger partial charge < -0.3 is 10.2 Å². The van der Waals surface area contributed by atoms with Gasteiger partial charge in [0.25, 0.3) is 10.0 Å². The Kier molecular flexibility index (Phi) is 10.0. The van der Waals surface area contributed by atoms with Crippen LogP contribution in [0.4, 0.5) is 5.69 Å². The Morgan fingerprint density at radius 2 is 1.32 bits per heavy atom. The highest BCUT2D eigenvalue weighted by Gasteiger charge is 2.34. The molecule has 3 aromatic carbocycles. The summed E-state index contributed by atoms with van der Waals surface area (Å²) in [6.07, 6.45) is 0.369. The third-order valence-corrected chi connectivity index (χ3v) is 8.53. The molecule has 7 nitrogen and oxygen atoms in total. The van der Waals surface area contributed by atoms with Crippen molar-refractivity contribution in [3.63, 3.8) is 0 Å². The summed E-state index contributed by atoms with van der Waals surface area (Å²) in [5.41, 5.74) is 4.52.